The second-order valence-corrected chi connectivity index (χ2v) is 7.15. The minimum absolute atomic E-state index is 0.160. The number of hydrogen-bond donors (Lipinski definition) is 0. The molecule has 1 spiro atoms. The fourth-order valence-corrected chi connectivity index (χ4v) is 3.04. The Balaban J connectivity index is 1.39. The van der Waals surface area contributed by atoms with E-state index in [2.05, 4.69) is 28.3 Å². The lowest BCUT2D eigenvalue weighted by Gasteiger charge is -2.47. The number of hydrogen-bond acceptors (Lipinski definition) is 4. The smallest absolute Gasteiger partial charge is 0.170 e. The Morgan fingerprint density at radius 2 is 1.81 bits per heavy atom. The lowest BCUT2D eigenvalue weighted by atomic mass is 9.92. The van der Waals surface area contributed by atoms with Gasteiger partial charge in [-0.05, 0) is 13.0 Å². The molecular formula is C16H27N3O2. The van der Waals surface area contributed by atoms with Crippen LogP contribution in [0.25, 0.3) is 0 Å². The summed E-state index contributed by atoms with van der Waals surface area (Å²) in [5, 5.41) is 0. The van der Waals surface area contributed by atoms with Gasteiger partial charge < -0.3 is 18.9 Å². The van der Waals surface area contributed by atoms with Crippen molar-refractivity contribution in [2.45, 2.75) is 45.4 Å². The van der Waals surface area contributed by atoms with Gasteiger partial charge in [0.1, 0.15) is 0 Å². The van der Waals surface area contributed by atoms with Crippen molar-refractivity contribution in [2.24, 2.45) is 5.41 Å². The van der Waals surface area contributed by atoms with Crippen LogP contribution in [-0.4, -0.2) is 53.1 Å². The molecule has 0 atom stereocenters. The monoisotopic (exact) mass is 293 g/mol. The topological polar surface area (TPSA) is 39.5 Å². The molecule has 0 amide bonds. The van der Waals surface area contributed by atoms with Crippen LogP contribution in [0.1, 0.15) is 33.1 Å². The van der Waals surface area contributed by atoms with E-state index in [-0.39, 0.29) is 11.2 Å². The average molecular weight is 293 g/mol. The molecule has 0 saturated carbocycles. The molecule has 118 valence electrons. The first kappa shape index (κ1) is 15.0. The zero-order chi connectivity index (χ0) is 14.8. The predicted molar refractivity (Wildman–Crippen MR) is 80.9 cm³/mol. The largest absolute Gasteiger partial charge is 0.349 e. The molecule has 5 nitrogen and oxygen atoms in total. The minimum Gasteiger partial charge on any atom is -0.349 e. The van der Waals surface area contributed by atoms with Gasteiger partial charge in [-0.1, -0.05) is 13.8 Å². The van der Waals surface area contributed by atoms with Gasteiger partial charge in [-0.2, -0.15) is 0 Å². The molecule has 2 aliphatic heterocycles. The Bertz CT molecular complexity index is 424. The highest BCUT2D eigenvalue weighted by atomic mass is 16.7. The number of ether oxygens (including phenoxy) is 2. The van der Waals surface area contributed by atoms with Crippen LogP contribution in [0.4, 0.5) is 0 Å². The molecule has 3 heterocycles. The van der Waals surface area contributed by atoms with Crippen molar-refractivity contribution in [1.29, 1.82) is 0 Å². The molecule has 0 radical (unpaired) electrons. The molecule has 0 bridgehead atoms. The van der Waals surface area contributed by atoms with Crippen LogP contribution in [-0.2, 0) is 16.0 Å². The van der Waals surface area contributed by atoms with Gasteiger partial charge in [0.2, 0.25) is 0 Å². The highest BCUT2D eigenvalue weighted by molar-refractivity contribution is 4.85. The third kappa shape index (κ3) is 3.84. The molecule has 1 aromatic rings. The molecule has 3 rings (SSSR count). The van der Waals surface area contributed by atoms with E-state index >= 15 is 0 Å². The van der Waals surface area contributed by atoms with Gasteiger partial charge in [-0.3, -0.25) is 0 Å². The molecule has 0 unspecified atom stereocenters. The Morgan fingerprint density at radius 1 is 1.10 bits per heavy atom. The number of aromatic nitrogens is 2. The summed E-state index contributed by atoms with van der Waals surface area (Å²) in [6, 6.07) is 0. The summed E-state index contributed by atoms with van der Waals surface area (Å²) in [6.07, 6.45) is 8.90. The summed E-state index contributed by atoms with van der Waals surface area (Å²) in [6.45, 7) is 10.4. The third-order valence-corrected chi connectivity index (χ3v) is 4.52. The molecule has 2 aliphatic rings. The van der Waals surface area contributed by atoms with Gasteiger partial charge in [0.05, 0.1) is 19.5 Å². The van der Waals surface area contributed by atoms with Gasteiger partial charge in [0.15, 0.2) is 5.79 Å². The maximum absolute atomic E-state index is 6.07. The maximum atomic E-state index is 6.07. The molecule has 0 aromatic carbocycles. The zero-order valence-corrected chi connectivity index (χ0v) is 13.3. The quantitative estimate of drug-likeness (QED) is 0.852. The second-order valence-electron chi connectivity index (χ2n) is 7.15. The molecule has 2 saturated heterocycles. The van der Waals surface area contributed by atoms with E-state index in [4.69, 9.17) is 9.47 Å². The summed E-state index contributed by atoms with van der Waals surface area (Å²) in [5.41, 5.74) is 0.160. The first-order valence-electron chi connectivity index (χ1n) is 8.03. The van der Waals surface area contributed by atoms with E-state index in [9.17, 15) is 0 Å². The number of piperidine rings is 1. The van der Waals surface area contributed by atoms with Crippen LogP contribution in [0.15, 0.2) is 18.7 Å². The van der Waals surface area contributed by atoms with Gasteiger partial charge >= 0.3 is 0 Å². The van der Waals surface area contributed by atoms with Crippen molar-refractivity contribution in [3.05, 3.63) is 18.7 Å². The highest BCUT2D eigenvalue weighted by Crippen LogP contribution is 2.36. The molecule has 0 N–H and O–H groups in total. The molecular weight excluding hydrogens is 266 g/mol. The lowest BCUT2D eigenvalue weighted by Crippen LogP contribution is -2.53. The van der Waals surface area contributed by atoms with E-state index in [1.54, 1.807) is 0 Å². The van der Waals surface area contributed by atoms with E-state index < -0.39 is 0 Å². The van der Waals surface area contributed by atoms with Gasteiger partial charge in [0, 0.05) is 50.3 Å². The predicted octanol–water partition coefficient (Wildman–Crippen LogP) is 2.14. The number of imidazole rings is 1. The first-order valence-corrected chi connectivity index (χ1v) is 8.03. The standard InChI is InChI=1S/C16H27N3O2/c1-15(2)12-20-16(21-13-15)4-9-18(10-5-16)7-3-8-19-11-6-17-14-19/h6,11,14H,3-5,7-10,12-13H2,1-2H3. The van der Waals surface area contributed by atoms with E-state index in [1.165, 1.54) is 0 Å². The number of nitrogens with zero attached hydrogens (tertiary/aromatic N) is 3. The summed E-state index contributed by atoms with van der Waals surface area (Å²) in [4.78, 5) is 6.60. The van der Waals surface area contributed by atoms with Crippen molar-refractivity contribution in [2.75, 3.05) is 32.8 Å². The third-order valence-electron chi connectivity index (χ3n) is 4.52. The van der Waals surface area contributed by atoms with Crippen molar-refractivity contribution >= 4 is 0 Å². The molecule has 2 fully saturated rings. The Labute approximate surface area is 127 Å². The zero-order valence-electron chi connectivity index (χ0n) is 13.3. The van der Waals surface area contributed by atoms with Crippen molar-refractivity contribution < 1.29 is 9.47 Å². The van der Waals surface area contributed by atoms with Crippen LogP contribution >= 0.6 is 0 Å². The van der Waals surface area contributed by atoms with E-state index in [0.717, 1.165) is 58.7 Å². The number of aryl methyl sites for hydroxylation is 1. The Hall–Kier alpha value is -0.910. The summed E-state index contributed by atoms with van der Waals surface area (Å²) in [5.74, 6) is -0.295. The number of likely N-dealkylation sites (tertiary alicyclic amines) is 1. The van der Waals surface area contributed by atoms with Crippen LogP contribution in [0, 0.1) is 5.41 Å². The minimum atomic E-state index is -0.295. The fraction of sp³-hybridized carbons (Fsp3) is 0.812. The molecule has 21 heavy (non-hydrogen) atoms. The van der Waals surface area contributed by atoms with Crippen LogP contribution in [0.3, 0.4) is 0 Å². The van der Waals surface area contributed by atoms with Crippen molar-refractivity contribution in [3.8, 4) is 0 Å². The van der Waals surface area contributed by atoms with Crippen LogP contribution in [0.2, 0.25) is 0 Å². The molecule has 5 heteroatoms. The van der Waals surface area contributed by atoms with Crippen LogP contribution in [0.5, 0.6) is 0 Å². The fourth-order valence-electron chi connectivity index (χ4n) is 3.04. The van der Waals surface area contributed by atoms with Crippen molar-refractivity contribution in [3.63, 3.8) is 0 Å². The molecule has 1 aromatic heterocycles. The summed E-state index contributed by atoms with van der Waals surface area (Å²) >= 11 is 0. The normalized spacial score (nSPS) is 25.2. The first-order chi connectivity index (χ1) is 10.1. The van der Waals surface area contributed by atoms with E-state index in [1.807, 2.05) is 18.7 Å². The SMILES string of the molecule is CC1(C)COC2(CCN(CCCn3ccnc3)CC2)OC1. The second kappa shape index (κ2) is 6.07. The van der Waals surface area contributed by atoms with Crippen LogP contribution < -0.4 is 0 Å². The Kier molecular flexibility index (Phi) is 4.33. The summed E-state index contributed by atoms with van der Waals surface area (Å²) in [7, 11) is 0. The highest BCUT2D eigenvalue weighted by Gasteiger charge is 2.42. The van der Waals surface area contributed by atoms with Gasteiger partial charge in [-0.15, -0.1) is 0 Å². The maximum Gasteiger partial charge on any atom is 0.170 e. The van der Waals surface area contributed by atoms with E-state index in [0.29, 0.717) is 0 Å². The van der Waals surface area contributed by atoms with Gasteiger partial charge in [0.25, 0.3) is 0 Å². The lowest BCUT2D eigenvalue weighted by molar-refractivity contribution is -0.312. The van der Waals surface area contributed by atoms with Crippen molar-refractivity contribution in [1.82, 2.24) is 14.5 Å². The van der Waals surface area contributed by atoms with Gasteiger partial charge in [-0.25, -0.2) is 4.98 Å². The summed E-state index contributed by atoms with van der Waals surface area (Å²) < 4.78 is 14.3. The average Bonchev–Trinajstić information content (AvgIpc) is 2.98. The Morgan fingerprint density at radius 3 is 2.43 bits per heavy atom. The number of rotatable bonds is 4. The molecule has 0 aliphatic carbocycles.